The first kappa shape index (κ1) is 17.4. The molecule has 0 heterocycles. The number of benzene rings is 3. The van der Waals surface area contributed by atoms with Crippen LogP contribution in [0.3, 0.4) is 0 Å². The largest absolute Gasteiger partial charge is 0.497 e. The van der Waals surface area contributed by atoms with Crippen LogP contribution in [0.2, 0.25) is 0 Å². The van der Waals surface area contributed by atoms with E-state index in [4.69, 9.17) is 4.74 Å². The summed E-state index contributed by atoms with van der Waals surface area (Å²) in [5, 5.41) is 10.8. The third-order valence-electron chi connectivity index (χ3n) is 4.17. The lowest BCUT2D eigenvalue weighted by atomic mass is 9.94. The molecule has 0 aliphatic carbocycles. The number of rotatable bonds is 6. The van der Waals surface area contributed by atoms with Crippen molar-refractivity contribution in [3.8, 4) is 16.9 Å². The van der Waals surface area contributed by atoms with E-state index >= 15 is 0 Å². The molecule has 0 N–H and O–H groups in total. The summed E-state index contributed by atoms with van der Waals surface area (Å²) in [5.74, 6) is 0.704. The fourth-order valence-corrected chi connectivity index (χ4v) is 2.77. The van der Waals surface area contributed by atoms with Gasteiger partial charge in [0.1, 0.15) is 5.75 Å². The molecule has 0 radical (unpaired) electrons. The molecule has 130 valence electrons. The Labute approximate surface area is 151 Å². The maximum atomic E-state index is 12.6. The molecule has 0 spiro atoms. The summed E-state index contributed by atoms with van der Waals surface area (Å²) >= 11 is 0. The van der Waals surface area contributed by atoms with Crippen LogP contribution in [0.4, 0.5) is 5.69 Å². The molecule has 5 nitrogen and oxygen atoms in total. The number of carbonyl (C=O) groups excluding carboxylic acids is 1. The molecule has 0 saturated heterocycles. The second-order valence-corrected chi connectivity index (χ2v) is 5.79. The first-order valence-electron chi connectivity index (χ1n) is 8.08. The highest BCUT2D eigenvalue weighted by Crippen LogP contribution is 2.27. The molecule has 3 rings (SSSR count). The predicted molar refractivity (Wildman–Crippen MR) is 99.6 cm³/mol. The zero-order valence-electron chi connectivity index (χ0n) is 14.2. The van der Waals surface area contributed by atoms with Crippen LogP contribution in [0.5, 0.6) is 5.75 Å². The quantitative estimate of drug-likeness (QED) is 0.368. The minimum absolute atomic E-state index is 0.00187. The van der Waals surface area contributed by atoms with Crippen molar-refractivity contribution in [1.82, 2.24) is 0 Å². The van der Waals surface area contributed by atoms with Gasteiger partial charge < -0.3 is 4.74 Å². The number of ketones is 1. The highest BCUT2D eigenvalue weighted by Gasteiger charge is 2.12. The number of hydrogen-bond donors (Lipinski definition) is 0. The first-order chi connectivity index (χ1) is 12.6. The lowest BCUT2D eigenvalue weighted by molar-refractivity contribution is -0.384. The van der Waals surface area contributed by atoms with Gasteiger partial charge in [0.05, 0.1) is 12.0 Å². The summed E-state index contributed by atoms with van der Waals surface area (Å²) < 4.78 is 5.11. The zero-order chi connectivity index (χ0) is 18.5. The molecule has 0 bridgehead atoms. The van der Waals surface area contributed by atoms with Gasteiger partial charge in [0.2, 0.25) is 0 Å². The number of nitro groups is 1. The Kier molecular flexibility index (Phi) is 5.08. The second kappa shape index (κ2) is 7.61. The van der Waals surface area contributed by atoms with Crippen LogP contribution < -0.4 is 4.74 Å². The summed E-state index contributed by atoms with van der Waals surface area (Å²) in [5.41, 5.74) is 3.27. The molecule has 0 unspecified atom stereocenters. The molecular weight excluding hydrogens is 330 g/mol. The Bertz CT molecular complexity index is 931. The summed E-state index contributed by atoms with van der Waals surface area (Å²) in [4.78, 5) is 23.0. The maximum Gasteiger partial charge on any atom is 0.269 e. The monoisotopic (exact) mass is 347 g/mol. The summed E-state index contributed by atoms with van der Waals surface area (Å²) in [7, 11) is 1.58. The molecule has 0 amide bonds. The van der Waals surface area contributed by atoms with Crippen molar-refractivity contribution in [3.05, 3.63) is 94.0 Å². The highest BCUT2D eigenvalue weighted by atomic mass is 16.6. The topological polar surface area (TPSA) is 69.4 Å². The molecule has 5 heteroatoms. The van der Waals surface area contributed by atoms with E-state index in [2.05, 4.69) is 0 Å². The van der Waals surface area contributed by atoms with Gasteiger partial charge in [-0.2, -0.15) is 0 Å². The smallest absolute Gasteiger partial charge is 0.269 e. The summed E-state index contributed by atoms with van der Waals surface area (Å²) in [6.45, 7) is 0. The average Bonchev–Trinajstić information content (AvgIpc) is 2.68. The molecule has 26 heavy (non-hydrogen) atoms. The van der Waals surface area contributed by atoms with Crippen LogP contribution in [-0.4, -0.2) is 17.8 Å². The van der Waals surface area contributed by atoms with E-state index in [1.54, 1.807) is 43.5 Å². The summed E-state index contributed by atoms with van der Waals surface area (Å²) in [6.07, 6.45) is 0.249. The predicted octanol–water partition coefficient (Wildman–Crippen LogP) is 4.70. The Morgan fingerprint density at radius 2 is 1.62 bits per heavy atom. The van der Waals surface area contributed by atoms with Crippen molar-refractivity contribution >= 4 is 11.5 Å². The van der Waals surface area contributed by atoms with Crippen molar-refractivity contribution < 1.29 is 14.5 Å². The van der Waals surface area contributed by atoms with Crippen molar-refractivity contribution in [2.45, 2.75) is 6.42 Å². The van der Waals surface area contributed by atoms with E-state index in [1.807, 2.05) is 24.3 Å². The van der Waals surface area contributed by atoms with Gasteiger partial charge in [0.25, 0.3) is 5.69 Å². The van der Waals surface area contributed by atoms with Gasteiger partial charge >= 0.3 is 0 Å². The van der Waals surface area contributed by atoms with Crippen molar-refractivity contribution in [3.63, 3.8) is 0 Å². The van der Waals surface area contributed by atoms with Crippen LogP contribution >= 0.6 is 0 Å². The SMILES string of the molecule is COc1ccc(C(=O)Cc2ccccc2-c2ccc([N+](=O)[O-])cc2)cc1. The minimum atomic E-state index is -0.428. The van der Waals surface area contributed by atoms with E-state index in [1.165, 1.54) is 12.1 Å². The number of Topliss-reactive ketones (excluding diaryl/α,β-unsaturated/α-hetero) is 1. The molecule has 0 fully saturated rings. The molecular formula is C21H17NO4. The molecule has 3 aromatic carbocycles. The number of methoxy groups -OCH3 is 1. The number of carbonyl (C=O) groups is 1. The Balaban J connectivity index is 1.86. The van der Waals surface area contributed by atoms with Gasteiger partial charge in [-0.05, 0) is 53.1 Å². The van der Waals surface area contributed by atoms with E-state index in [0.717, 1.165) is 16.7 Å². The van der Waals surface area contributed by atoms with E-state index in [0.29, 0.717) is 11.3 Å². The molecule has 3 aromatic rings. The third kappa shape index (κ3) is 3.78. The number of ether oxygens (including phenoxy) is 1. The van der Waals surface area contributed by atoms with Gasteiger partial charge in [-0.3, -0.25) is 14.9 Å². The molecule has 0 saturated carbocycles. The average molecular weight is 347 g/mol. The highest BCUT2D eigenvalue weighted by molar-refractivity contribution is 5.98. The van der Waals surface area contributed by atoms with Gasteiger partial charge in [-0.15, -0.1) is 0 Å². The lowest BCUT2D eigenvalue weighted by Gasteiger charge is -2.10. The normalized spacial score (nSPS) is 10.3. The van der Waals surface area contributed by atoms with Crippen LogP contribution in [0, 0.1) is 10.1 Å². The van der Waals surface area contributed by atoms with Crippen molar-refractivity contribution in [2.75, 3.05) is 7.11 Å². The van der Waals surface area contributed by atoms with Gasteiger partial charge in [0.15, 0.2) is 5.78 Å². The van der Waals surface area contributed by atoms with Crippen molar-refractivity contribution in [2.24, 2.45) is 0 Å². The van der Waals surface area contributed by atoms with Gasteiger partial charge in [-0.25, -0.2) is 0 Å². The van der Waals surface area contributed by atoms with E-state index in [9.17, 15) is 14.9 Å². The van der Waals surface area contributed by atoms with Crippen molar-refractivity contribution in [1.29, 1.82) is 0 Å². The van der Waals surface area contributed by atoms with Crippen LogP contribution in [0.1, 0.15) is 15.9 Å². The van der Waals surface area contributed by atoms with E-state index in [-0.39, 0.29) is 17.9 Å². The zero-order valence-corrected chi connectivity index (χ0v) is 14.2. The number of hydrogen-bond acceptors (Lipinski definition) is 4. The van der Waals surface area contributed by atoms with Crippen LogP contribution in [-0.2, 0) is 6.42 Å². The van der Waals surface area contributed by atoms with E-state index < -0.39 is 4.92 Å². The first-order valence-corrected chi connectivity index (χ1v) is 8.08. The number of nitro benzene ring substituents is 1. The Morgan fingerprint density at radius 1 is 0.962 bits per heavy atom. The fraction of sp³-hybridized carbons (Fsp3) is 0.0952. The standard InChI is InChI=1S/C21H17NO4/c1-26-19-12-8-16(9-13-19)21(23)14-17-4-2-3-5-20(17)15-6-10-18(11-7-15)22(24)25/h2-13H,14H2,1H3. The molecule has 0 aliphatic rings. The second-order valence-electron chi connectivity index (χ2n) is 5.79. The maximum absolute atomic E-state index is 12.6. The van der Waals surface area contributed by atoms with Crippen LogP contribution in [0.25, 0.3) is 11.1 Å². The lowest BCUT2D eigenvalue weighted by Crippen LogP contribution is -2.04. The van der Waals surface area contributed by atoms with Gasteiger partial charge in [-0.1, -0.05) is 24.3 Å². The molecule has 0 aromatic heterocycles. The Hall–Kier alpha value is -3.47. The summed E-state index contributed by atoms with van der Waals surface area (Å²) in [6, 6.07) is 20.9. The number of nitrogens with zero attached hydrogens (tertiary/aromatic N) is 1. The molecule has 0 aliphatic heterocycles. The van der Waals surface area contributed by atoms with Gasteiger partial charge in [0, 0.05) is 24.1 Å². The Morgan fingerprint density at radius 3 is 2.23 bits per heavy atom. The molecule has 0 atom stereocenters. The third-order valence-corrected chi connectivity index (χ3v) is 4.17. The van der Waals surface area contributed by atoms with Crippen LogP contribution in [0.15, 0.2) is 72.8 Å². The fourth-order valence-electron chi connectivity index (χ4n) is 2.77. The number of non-ortho nitro benzene ring substituents is 1. The minimum Gasteiger partial charge on any atom is -0.497 e.